The van der Waals surface area contributed by atoms with E-state index in [9.17, 15) is 8.42 Å². The van der Waals surface area contributed by atoms with Crippen LogP contribution < -0.4 is 10.5 Å². The van der Waals surface area contributed by atoms with Gasteiger partial charge in [0.15, 0.2) is 0 Å². The molecule has 0 aromatic heterocycles. The highest BCUT2D eigenvalue weighted by Gasteiger charge is 2.44. The number of nitrogens with two attached hydrogens (primary N) is 1. The largest absolute Gasteiger partial charge is 0.381 e. The molecule has 1 saturated carbocycles. The Balaban J connectivity index is 2.34. The summed E-state index contributed by atoms with van der Waals surface area (Å²) in [6, 6.07) is 0. The van der Waals surface area contributed by atoms with Gasteiger partial charge in [-0.15, -0.1) is 0 Å². The van der Waals surface area contributed by atoms with Gasteiger partial charge in [-0.2, -0.15) is 0 Å². The molecule has 6 heteroatoms. The molecule has 0 aromatic rings. The first-order valence-corrected chi connectivity index (χ1v) is 6.48. The van der Waals surface area contributed by atoms with E-state index in [4.69, 9.17) is 10.5 Å². The van der Waals surface area contributed by atoms with Gasteiger partial charge >= 0.3 is 0 Å². The molecule has 1 fully saturated rings. The third kappa shape index (κ3) is 3.53. The smallest absolute Gasteiger partial charge is 0.214 e. The lowest BCUT2D eigenvalue weighted by Gasteiger charge is -2.14. The Morgan fingerprint density at radius 3 is 2.57 bits per heavy atom. The Kier molecular flexibility index (Phi) is 3.88. The summed E-state index contributed by atoms with van der Waals surface area (Å²) in [5.41, 5.74) is 5.13. The molecular weight excluding hydrogens is 204 g/mol. The van der Waals surface area contributed by atoms with Crippen molar-refractivity contribution in [2.24, 2.45) is 5.73 Å². The van der Waals surface area contributed by atoms with Crippen LogP contribution in [0.3, 0.4) is 0 Å². The van der Waals surface area contributed by atoms with Crippen LogP contribution in [0.5, 0.6) is 0 Å². The molecule has 0 aliphatic heterocycles. The van der Waals surface area contributed by atoms with Crippen molar-refractivity contribution in [3.8, 4) is 0 Å². The van der Waals surface area contributed by atoms with E-state index >= 15 is 0 Å². The molecular formula is C8H18N2O3S. The highest BCUT2D eigenvalue weighted by atomic mass is 32.2. The van der Waals surface area contributed by atoms with Gasteiger partial charge in [0.2, 0.25) is 10.0 Å². The molecule has 1 rings (SSSR count). The second-order valence-electron chi connectivity index (χ2n) is 3.60. The topological polar surface area (TPSA) is 81.4 Å². The van der Waals surface area contributed by atoms with Crippen molar-refractivity contribution in [3.63, 3.8) is 0 Å². The maximum absolute atomic E-state index is 11.5. The van der Waals surface area contributed by atoms with Gasteiger partial charge in [0.1, 0.15) is 0 Å². The van der Waals surface area contributed by atoms with Gasteiger partial charge in [0.05, 0.1) is 12.4 Å². The van der Waals surface area contributed by atoms with Crippen LogP contribution in [0.25, 0.3) is 0 Å². The van der Waals surface area contributed by atoms with Crippen molar-refractivity contribution in [2.45, 2.75) is 25.3 Å². The van der Waals surface area contributed by atoms with Gasteiger partial charge < -0.3 is 10.5 Å². The van der Waals surface area contributed by atoms with E-state index in [1.807, 2.05) is 6.92 Å². The second kappa shape index (κ2) is 4.57. The third-order valence-electron chi connectivity index (χ3n) is 2.32. The maximum atomic E-state index is 11.5. The second-order valence-corrected chi connectivity index (χ2v) is 5.44. The van der Waals surface area contributed by atoms with Crippen molar-refractivity contribution in [1.82, 2.24) is 4.72 Å². The number of nitrogens with one attached hydrogen (secondary N) is 1. The van der Waals surface area contributed by atoms with Crippen LogP contribution in [-0.2, 0) is 14.8 Å². The normalized spacial score (nSPS) is 19.6. The Bertz CT molecular complexity index is 272. The summed E-state index contributed by atoms with van der Waals surface area (Å²) in [6.07, 6.45) is 1.69. The zero-order chi connectivity index (χ0) is 10.7. The van der Waals surface area contributed by atoms with E-state index in [0.29, 0.717) is 13.2 Å². The highest BCUT2D eigenvalue weighted by Crippen LogP contribution is 2.34. The maximum Gasteiger partial charge on any atom is 0.214 e. The lowest BCUT2D eigenvalue weighted by molar-refractivity contribution is 0.163. The van der Waals surface area contributed by atoms with Crippen LogP contribution in [0.1, 0.15) is 19.8 Å². The molecule has 0 amide bonds. The summed E-state index contributed by atoms with van der Waals surface area (Å²) < 4.78 is 30.6. The zero-order valence-corrected chi connectivity index (χ0v) is 9.27. The zero-order valence-electron chi connectivity index (χ0n) is 8.45. The molecule has 0 bridgehead atoms. The van der Waals surface area contributed by atoms with Crippen molar-refractivity contribution < 1.29 is 13.2 Å². The Labute approximate surface area is 85.1 Å². The first-order valence-electron chi connectivity index (χ1n) is 4.83. The molecule has 1 aliphatic rings. The van der Waals surface area contributed by atoms with Crippen LogP contribution in [0, 0.1) is 0 Å². The van der Waals surface area contributed by atoms with Gasteiger partial charge in [-0.25, -0.2) is 13.1 Å². The lowest BCUT2D eigenvalue weighted by Crippen LogP contribution is -2.43. The van der Waals surface area contributed by atoms with Crippen LogP contribution in [0.15, 0.2) is 0 Å². The minimum absolute atomic E-state index is 0.0165. The molecule has 5 nitrogen and oxygen atoms in total. The van der Waals surface area contributed by atoms with Crippen molar-refractivity contribution in [2.75, 3.05) is 25.5 Å². The quantitative estimate of drug-likeness (QED) is 0.565. The minimum atomic E-state index is -3.22. The van der Waals surface area contributed by atoms with E-state index in [1.54, 1.807) is 0 Å². The molecule has 0 radical (unpaired) electrons. The fourth-order valence-electron chi connectivity index (χ4n) is 1.19. The first-order chi connectivity index (χ1) is 6.54. The molecule has 14 heavy (non-hydrogen) atoms. The van der Waals surface area contributed by atoms with E-state index in [1.165, 1.54) is 0 Å². The molecule has 0 unspecified atom stereocenters. The molecule has 0 saturated heterocycles. The van der Waals surface area contributed by atoms with Gasteiger partial charge in [-0.05, 0) is 19.8 Å². The number of rotatable bonds is 7. The monoisotopic (exact) mass is 222 g/mol. The first kappa shape index (κ1) is 11.9. The molecule has 1 aliphatic carbocycles. The van der Waals surface area contributed by atoms with Gasteiger partial charge in [0, 0.05) is 18.7 Å². The van der Waals surface area contributed by atoms with Crippen LogP contribution in [-0.4, -0.2) is 39.5 Å². The summed E-state index contributed by atoms with van der Waals surface area (Å²) in [7, 11) is -3.22. The minimum Gasteiger partial charge on any atom is -0.381 e. The van der Waals surface area contributed by atoms with E-state index in [2.05, 4.69) is 4.72 Å². The molecule has 0 atom stereocenters. The number of hydrogen-bond acceptors (Lipinski definition) is 4. The summed E-state index contributed by atoms with van der Waals surface area (Å²) in [4.78, 5) is 0. The molecule has 0 aromatic carbocycles. The van der Waals surface area contributed by atoms with E-state index in [0.717, 1.165) is 12.8 Å². The van der Waals surface area contributed by atoms with Crippen LogP contribution in [0.2, 0.25) is 0 Å². The molecule has 0 spiro atoms. The fraction of sp³-hybridized carbons (Fsp3) is 1.00. The van der Waals surface area contributed by atoms with Gasteiger partial charge in [0.25, 0.3) is 0 Å². The Morgan fingerprint density at radius 1 is 1.50 bits per heavy atom. The number of sulfonamides is 1. The predicted octanol–water partition coefficient (Wildman–Crippen LogP) is -0.566. The molecule has 0 heterocycles. The van der Waals surface area contributed by atoms with Gasteiger partial charge in [-0.3, -0.25) is 0 Å². The third-order valence-corrected chi connectivity index (χ3v) is 3.76. The van der Waals surface area contributed by atoms with E-state index in [-0.39, 0.29) is 17.9 Å². The Morgan fingerprint density at radius 2 is 2.14 bits per heavy atom. The fourth-order valence-corrected chi connectivity index (χ4v) is 2.58. The SMILES string of the molecule is CCOCCS(=O)(=O)NC1(CN)CC1. The van der Waals surface area contributed by atoms with Crippen molar-refractivity contribution in [3.05, 3.63) is 0 Å². The summed E-state index contributed by atoms with van der Waals surface area (Å²) in [5.74, 6) is 0.0165. The van der Waals surface area contributed by atoms with Crippen molar-refractivity contribution in [1.29, 1.82) is 0 Å². The molecule has 3 N–H and O–H groups in total. The van der Waals surface area contributed by atoms with Crippen molar-refractivity contribution >= 4 is 10.0 Å². The summed E-state index contributed by atoms with van der Waals surface area (Å²) in [5, 5.41) is 0. The summed E-state index contributed by atoms with van der Waals surface area (Å²) in [6.45, 7) is 2.99. The highest BCUT2D eigenvalue weighted by molar-refractivity contribution is 7.89. The lowest BCUT2D eigenvalue weighted by atomic mass is 10.3. The Hall–Kier alpha value is -0.170. The molecule has 84 valence electrons. The summed E-state index contributed by atoms with van der Waals surface area (Å²) >= 11 is 0. The standard InChI is InChI=1S/C8H18N2O3S/c1-2-13-5-6-14(11,12)10-8(7-9)3-4-8/h10H,2-7,9H2,1H3. The van der Waals surface area contributed by atoms with Gasteiger partial charge in [-0.1, -0.05) is 0 Å². The van der Waals surface area contributed by atoms with E-state index < -0.39 is 10.0 Å². The average Bonchev–Trinajstić information content (AvgIpc) is 2.85. The number of ether oxygens (including phenoxy) is 1. The average molecular weight is 222 g/mol. The number of hydrogen-bond donors (Lipinski definition) is 2. The predicted molar refractivity (Wildman–Crippen MR) is 54.4 cm³/mol. The van der Waals surface area contributed by atoms with Crippen LogP contribution >= 0.6 is 0 Å². The van der Waals surface area contributed by atoms with Crippen LogP contribution in [0.4, 0.5) is 0 Å².